The van der Waals surface area contributed by atoms with Gasteiger partial charge in [0.15, 0.2) is 0 Å². The summed E-state index contributed by atoms with van der Waals surface area (Å²) in [5.41, 5.74) is 3.22. The van der Waals surface area contributed by atoms with Gasteiger partial charge in [-0.15, -0.1) is 0 Å². The molecular weight excluding hydrogens is 294 g/mol. The minimum absolute atomic E-state index is 0.0375. The number of morpholine rings is 1. The van der Waals surface area contributed by atoms with Crippen LogP contribution >= 0.6 is 0 Å². The summed E-state index contributed by atoms with van der Waals surface area (Å²) >= 11 is 0. The molecule has 0 radical (unpaired) electrons. The van der Waals surface area contributed by atoms with Crippen molar-refractivity contribution in [3.63, 3.8) is 0 Å². The van der Waals surface area contributed by atoms with Crippen LogP contribution in [-0.2, 0) is 9.53 Å². The first-order chi connectivity index (χ1) is 11.0. The van der Waals surface area contributed by atoms with Gasteiger partial charge in [-0.05, 0) is 43.5 Å². The SMILES string of the molecule is CCCNC(=O)NCC1CN(c2ccc(C)c(C)c2)C(=O)CO1. The highest BCUT2D eigenvalue weighted by Gasteiger charge is 2.27. The van der Waals surface area contributed by atoms with Gasteiger partial charge in [-0.3, -0.25) is 4.79 Å². The summed E-state index contributed by atoms with van der Waals surface area (Å²) in [6, 6.07) is 5.77. The molecule has 23 heavy (non-hydrogen) atoms. The summed E-state index contributed by atoms with van der Waals surface area (Å²) in [6.07, 6.45) is 0.685. The number of anilines is 1. The minimum atomic E-state index is -0.207. The van der Waals surface area contributed by atoms with E-state index in [1.807, 2.05) is 39.0 Å². The summed E-state index contributed by atoms with van der Waals surface area (Å²) in [7, 11) is 0. The zero-order valence-electron chi connectivity index (χ0n) is 14.0. The van der Waals surface area contributed by atoms with Gasteiger partial charge in [0.05, 0.1) is 12.6 Å². The van der Waals surface area contributed by atoms with E-state index in [0.29, 0.717) is 19.6 Å². The number of rotatable bonds is 5. The Hall–Kier alpha value is -2.08. The van der Waals surface area contributed by atoms with Gasteiger partial charge in [0.1, 0.15) is 6.61 Å². The molecule has 0 bridgehead atoms. The Bertz CT molecular complexity index is 574. The fourth-order valence-electron chi connectivity index (χ4n) is 2.40. The van der Waals surface area contributed by atoms with Crippen molar-refractivity contribution in [3.8, 4) is 0 Å². The van der Waals surface area contributed by atoms with Gasteiger partial charge in [0.25, 0.3) is 5.91 Å². The predicted molar refractivity (Wildman–Crippen MR) is 89.7 cm³/mol. The number of nitrogens with zero attached hydrogens (tertiary/aromatic N) is 1. The quantitative estimate of drug-likeness (QED) is 0.868. The van der Waals surface area contributed by atoms with Crippen LogP contribution in [0.1, 0.15) is 24.5 Å². The number of nitrogens with one attached hydrogen (secondary N) is 2. The first kappa shape index (κ1) is 17.3. The van der Waals surface area contributed by atoms with Gasteiger partial charge in [-0.1, -0.05) is 13.0 Å². The second kappa shape index (κ2) is 7.97. The lowest BCUT2D eigenvalue weighted by Gasteiger charge is -2.33. The van der Waals surface area contributed by atoms with Crippen molar-refractivity contribution in [2.24, 2.45) is 0 Å². The highest BCUT2D eigenvalue weighted by molar-refractivity contribution is 5.95. The highest BCUT2D eigenvalue weighted by Crippen LogP contribution is 2.21. The number of carbonyl (C=O) groups excluding carboxylic acids is 2. The first-order valence-corrected chi connectivity index (χ1v) is 8.02. The molecule has 3 amide bonds. The molecule has 1 heterocycles. The number of hydrogen-bond acceptors (Lipinski definition) is 3. The fraction of sp³-hybridized carbons (Fsp3) is 0.529. The molecule has 2 rings (SSSR count). The van der Waals surface area contributed by atoms with E-state index in [1.54, 1.807) is 4.90 Å². The van der Waals surface area contributed by atoms with Crippen LogP contribution in [0.3, 0.4) is 0 Å². The van der Waals surface area contributed by atoms with E-state index in [0.717, 1.165) is 17.7 Å². The maximum Gasteiger partial charge on any atom is 0.314 e. The molecule has 1 saturated heterocycles. The third-order valence-corrected chi connectivity index (χ3v) is 3.96. The minimum Gasteiger partial charge on any atom is -0.365 e. The van der Waals surface area contributed by atoms with Crippen LogP contribution in [0.2, 0.25) is 0 Å². The summed E-state index contributed by atoms with van der Waals surface area (Å²) < 4.78 is 5.52. The number of benzene rings is 1. The van der Waals surface area contributed by atoms with Crippen LogP contribution < -0.4 is 15.5 Å². The van der Waals surface area contributed by atoms with Gasteiger partial charge in [0.2, 0.25) is 0 Å². The average Bonchev–Trinajstić information content (AvgIpc) is 2.54. The summed E-state index contributed by atoms with van der Waals surface area (Å²) in [6.45, 7) is 7.57. The third-order valence-electron chi connectivity index (χ3n) is 3.96. The monoisotopic (exact) mass is 319 g/mol. The molecule has 1 aromatic rings. The van der Waals surface area contributed by atoms with Crippen molar-refractivity contribution in [2.75, 3.05) is 31.1 Å². The average molecular weight is 319 g/mol. The number of hydrogen-bond donors (Lipinski definition) is 2. The Kier molecular flexibility index (Phi) is 5.98. The van der Waals surface area contributed by atoms with E-state index in [4.69, 9.17) is 4.74 Å². The van der Waals surface area contributed by atoms with Crippen LogP contribution in [0.5, 0.6) is 0 Å². The topological polar surface area (TPSA) is 70.7 Å². The van der Waals surface area contributed by atoms with Crippen molar-refractivity contribution in [1.29, 1.82) is 0 Å². The Morgan fingerprint density at radius 3 is 2.78 bits per heavy atom. The third kappa shape index (κ3) is 4.69. The molecular formula is C17H25N3O3. The first-order valence-electron chi connectivity index (χ1n) is 8.02. The summed E-state index contributed by atoms with van der Waals surface area (Å²) in [5.74, 6) is -0.0556. The van der Waals surface area contributed by atoms with Crippen molar-refractivity contribution in [2.45, 2.75) is 33.3 Å². The molecule has 1 fully saturated rings. The Balaban J connectivity index is 1.94. The molecule has 0 aliphatic carbocycles. The number of ether oxygens (including phenoxy) is 1. The number of amides is 3. The van der Waals surface area contributed by atoms with Crippen molar-refractivity contribution >= 4 is 17.6 Å². The van der Waals surface area contributed by atoms with E-state index in [-0.39, 0.29) is 24.6 Å². The Labute approximate surface area is 137 Å². The zero-order chi connectivity index (χ0) is 16.8. The van der Waals surface area contributed by atoms with Gasteiger partial charge in [0, 0.05) is 18.8 Å². The van der Waals surface area contributed by atoms with Crippen molar-refractivity contribution < 1.29 is 14.3 Å². The number of urea groups is 1. The molecule has 1 atom stereocenters. The van der Waals surface area contributed by atoms with Crippen LogP contribution in [-0.4, -0.2) is 44.3 Å². The van der Waals surface area contributed by atoms with Gasteiger partial charge in [-0.2, -0.15) is 0 Å². The summed E-state index contributed by atoms with van der Waals surface area (Å²) in [4.78, 5) is 25.4. The molecule has 0 saturated carbocycles. The summed E-state index contributed by atoms with van der Waals surface area (Å²) in [5, 5.41) is 5.53. The molecule has 2 N–H and O–H groups in total. The highest BCUT2D eigenvalue weighted by atomic mass is 16.5. The van der Waals surface area contributed by atoms with Crippen molar-refractivity contribution in [1.82, 2.24) is 10.6 Å². The second-order valence-electron chi connectivity index (χ2n) is 5.84. The molecule has 1 aromatic carbocycles. The number of aryl methyl sites for hydroxylation is 2. The lowest BCUT2D eigenvalue weighted by atomic mass is 10.1. The largest absolute Gasteiger partial charge is 0.365 e. The van der Waals surface area contributed by atoms with E-state index in [9.17, 15) is 9.59 Å². The van der Waals surface area contributed by atoms with Gasteiger partial charge in [-0.25, -0.2) is 4.79 Å². The molecule has 0 spiro atoms. The molecule has 0 aromatic heterocycles. The maximum atomic E-state index is 12.1. The standard InChI is InChI=1S/C17H25N3O3/c1-4-7-18-17(22)19-9-15-10-20(16(21)11-23-15)14-6-5-12(2)13(3)8-14/h5-6,8,15H,4,7,9-11H2,1-3H3,(H2,18,19,22). The smallest absolute Gasteiger partial charge is 0.314 e. The lowest BCUT2D eigenvalue weighted by Crippen LogP contribution is -2.51. The van der Waals surface area contributed by atoms with E-state index >= 15 is 0 Å². The molecule has 6 heteroatoms. The van der Waals surface area contributed by atoms with Crippen molar-refractivity contribution in [3.05, 3.63) is 29.3 Å². The zero-order valence-corrected chi connectivity index (χ0v) is 14.0. The van der Waals surface area contributed by atoms with Gasteiger partial charge >= 0.3 is 6.03 Å². The van der Waals surface area contributed by atoms with Gasteiger partial charge < -0.3 is 20.3 Å². The molecule has 6 nitrogen and oxygen atoms in total. The fourth-order valence-corrected chi connectivity index (χ4v) is 2.40. The van der Waals surface area contributed by atoms with E-state index in [1.165, 1.54) is 5.56 Å². The Morgan fingerprint density at radius 2 is 2.09 bits per heavy atom. The molecule has 1 aliphatic heterocycles. The normalized spacial score (nSPS) is 18.0. The van der Waals surface area contributed by atoms with E-state index in [2.05, 4.69) is 10.6 Å². The molecule has 126 valence electrons. The second-order valence-corrected chi connectivity index (χ2v) is 5.84. The Morgan fingerprint density at radius 1 is 1.30 bits per heavy atom. The predicted octanol–water partition coefficient (Wildman–Crippen LogP) is 1.74. The van der Waals surface area contributed by atoms with Crippen LogP contribution in [0, 0.1) is 13.8 Å². The molecule has 1 unspecified atom stereocenters. The number of carbonyl (C=O) groups is 2. The van der Waals surface area contributed by atoms with Crippen LogP contribution in [0.25, 0.3) is 0 Å². The lowest BCUT2D eigenvalue weighted by molar-refractivity contribution is -0.129. The molecule has 1 aliphatic rings. The maximum absolute atomic E-state index is 12.1. The van der Waals surface area contributed by atoms with Crippen LogP contribution in [0.4, 0.5) is 10.5 Å². The van der Waals surface area contributed by atoms with Crippen LogP contribution in [0.15, 0.2) is 18.2 Å². The van der Waals surface area contributed by atoms with E-state index < -0.39 is 0 Å².